The van der Waals surface area contributed by atoms with Gasteiger partial charge in [-0.3, -0.25) is 9.59 Å². The molecule has 0 radical (unpaired) electrons. The molecule has 3 fully saturated rings. The Labute approximate surface area is 152 Å². The number of hydrogen-bond acceptors (Lipinski definition) is 5. The summed E-state index contributed by atoms with van der Waals surface area (Å²) in [6.45, 7) is 0. The Morgan fingerprint density at radius 3 is 2.58 bits per heavy atom. The molecule has 26 heavy (non-hydrogen) atoms. The minimum absolute atomic E-state index is 0.108. The molecule has 5 atom stereocenters. The molecule has 1 amide bonds. The maximum absolute atomic E-state index is 13.1. The number of methoxy groups -OCH3 is 2. The van der Waals surface area contributed by atoms with E-state index in [1.807, 2.05) is 24.3 Å². The van der Waals surface area contributed by atoms with Gasteiger partial charge in [-0.05, 0) is 18.6 Å². The maximum atomic E-state index is 13.1. The van der Waals surface area contributed by atoms with Crippen molar-refractivity contribution in [2.75, 3.05) is 14.2 Å². The zero-order valence-corrected chi connectivity index (χ0v) is 14.7. The lowest BCUT2D eigenvalue weighted by Crippen LogP contribution is -2.70. The average molecular weight is 352 g/mol. The summed E-state index contributed by atoms with van der Waals surface area (Å²) in [5.41, 5.74) is 0.569. The molecule has 5 rings (SSSR count). The van der Waals surface area contributed by atoms with E-state index in [2.05, 4.69) is 6.07 Å². The largest absolute Gasteiger partial charge is 0.347 e. The van der Waals surface area contributed by atoms with Crippen LogP contribution in [0.3, 0.4) is 0 Å². The van der Waals surface area contributed by atoms with Crippen molar-refractivity contribution in [3.63, 3.8) is 0 Å². The van der Waals surface area contributed by atoms with Crippen molar-refractivity contribution in [2.24, 2.45) is 23.7 Å². The van der Waals surface area contributed by atoms with Crippen LogP contribution >= 0.6 is 0 Å². The molecule has 0 spiro atoms. The predicted molar refractivity (Wildman–Crippen MR) is 91.5 cm³/mol. The van der Waals surface area contributed by atoms with Gasteiger partial charge in [-0.1, -0.05) is 24.3 Å². The normalized spacial score (nSPS) is 33.8. The summed E-state index contributed by atoms with van der Waals surface area (Å²) < 4.78 is 11.1. The Bertz CT molecular complexity index is 809. The molecule has 3 saturated carbocycles. The molecule has 1 aromatic rings. The number of amides is 1. The summed E-state index contributed by atoms with van der Waals surface area (Å²) in [6, 6.07) is 11.0. The number of fused-ring (bicyclic) bond motifs is 2. The number of carbonyl (C=O) groups excluding carboxylic acids is 2. The van der Waals surface area contributed by atoms with E-state index < -0.39 is 17.6 Å². The number of ketones is 1. The molecule has 134 valence electrons. The van der Waals surface area contributed by atoms with Gasteiger partial charge >= 0.3 is 0 Å². The van der Waals surface area contributed by atoms with Gasteiger partial charge in [0.15, 0.2) is 5.78 Å². The van der Waals surface area contributed by atoms with E-state index in [0.717, 1.165) is 0 Å². The lowest BCUT2D eigenvalue weighted by Gasteiger charge is -2.56. The SMILES string of the molecule is COC1(OC)C(=O)[C@H]2CC(C#N)[C@@H]1[C@H]1[C@@H]2C=CN1C(=O)c1ccccc1. The molecule has 6 heteroatoms. The monoisotopic (exact) mass is 352 g/mol. The van der Waals surface area contributed by atoms with Crippen LogP contribution in [0.25, 0.3) is 0 Å². The van der Waals surface area contributed by atoms with Crippen molar-refractivity contribution in [1.29, 1.82) is 5.26 Å². The Morgan fingerprint density at radius 2 is 1.96 bits per heavy atom. The van der Waals surface area contributed by atoms with Crippen LogP contribution in [0.5, 0.6) is 0 Å². The Morgan fingerprint density at radius 1 is 1.27 bits per heavy atom. The number of Topliss-reactive ketones (excluding diaryl/α,β-unsaturated/α-hetero) is 1. The molecule has 0 aromatic heterocycles. The maximum Gasteiger partial charge on any atom is 0.258 e. The van der Waals surface area contributed by atoms with Crippen LogP contribution in [-0.2, 0) is 14.3 Å². The average Bonchev–Trinajstić information content (AvgIpc) is 3.14. The first-order valence-corrected chi connectivity index (χ1v) is 8.69. The van der Waals surface area contributed by atoms with Crippen LogP contribution in [0.15, 0.2) is 42.6 Å². The number of nitriles is 1. The fourth-order valence-corrected chi connectivity index (χ4v) is 5.01. The predicted octanol–water partition coefficient (Wildman–Crippen LogP) is 1.99. The smallest absolute Gasteiger partial charge is 0.258 e. The van der Waals surface area contributed by atoms with Gasteiger partial charge in [0.25, 0.3) is 5.91 Å². The van der Waals surface area contributed by atoms with Crippen LogP contribution in [-0.4, -0.2) is 42.6 Å². The number of hydrogen-bond donors (Lipinski definition) is 0. The quantitative estimate of drug-likeness (QED) is 0.777. The van der Waals surface area contributed by atoms with Crippen molar-refractivity contribution < 1.29 is 19.1 Å². The Kier molecular flexibility index (Phi) is 3.94. The van der Waals surface area contributed by atoms with Gasteiger partial charge in [0.2, 0.25) is 5.79 Å². The van der Waals surface area contributed by atoms with Crippen molar-refractivity contribution in [1.82, 2.24) is 4.90 Å². The van der Waals surface area contributed by atoms with Gasteiger partial charge in [-0.2, -0.15) is 5.26 Å². The summed E-state index contributed by atoms with van der Waals surface area (Å²) >= 11 is 0. The molecule has 1 aliphatic heterocycles. The number of ether oxygens (including phenoxy) is 2. The van der Waals surface area contributed by atoms with Gasteiger partial charge in [0.05, 0.1) is 23.9 Å². The highest BCUT2D eigenvalue weighted by molar-refractivity contribution is 5.97. The summed E-state index contributed by atoms with van der Waals surface area (Å²) in [4.78, 5) is 27.7. The van der Waals surface area contributed by atoms with Crippen LogP contribution in [0.4, 0.5) is 0 Å². The molecule has 6 nitrogen and oxygen atoms in total. The number of nitrogens with zero attached hydrogens (tertiary/aromatic N) is 2. The molecule has 4 aliphatic rings. The highest BCUT2D eigenvalue weighted by Crippen LogP contribution is 2.56. The second-order valence-electron chi connectivity index (χ2n) is 7.03. The summed E-state index contributed by atoms with van der Waals surface area (Å²) in [5, 5.41) is 9.69. The third-order valence-corrected chi connectivity index (χ3v) is 6.10. The lowest BCUT2D eigenvalue weighted by molar-refractivity contribution is -0.270. The summed E-state index contributed by atoms with van der Waals surface area (Å²) in [6.07, 6.45) is 4.15. The van der Waals surface area contributed by atoms with Crippen LogP contribution in [0.2, 0.25) is 0 Å². The van der Waals surface area contributed by atoms with Crippen molar-refractivity contribution in [3.05, 3.63) is 48.2 Å². The second kappa shape index (κ2) is 6.04. The summed E-state index contributed by atoms with van der Waals surface area (Å²) in [7, 11) is 2.86. The standard InChI is InChI=1S/C20H20N2O4/c1-25-20(26-2)16-13(11-21)10-15(18(20)23)14-8-9-22(17(14)16)19(24)12-6-4-3-5-7-12/h3-9,13-17H,10H2,1-2H3/t13?,14-,15+,16-,17-/m1/s1. The third kappa shape index (κ3) is 2.05. The number of benzene rings is 1. The first kappa shape index (κ1) is 17.0. The van der Waals surface area contributed by atoms with Crippen molar-refractivity contribution in [3.8, 4) is 6.07 Å². The fraction of sp³-hybridized carbons (Fsp3) is 0.450. The topological polar surface area (TPSA) is 79.6 Å². The molecule has 0 N–H and O–H groups in total. The van der Waals surface area contributed by atoms with E-state index in [-0.39, 0.29) is 29.6 Å². The number of carbonyl (C=O) groups is 2. The van der Waals surface area contributed by atoms with Crippen molar-refractivity contribution in [2.45, 2.75) is 18.2 Å². The van der Waals surface area contributed by atoms with Gasteiger partial charge < -0.3 is 14.4 Å². The van der Waals surface area contributed by atoms with Crippen LogP contribution in [0.1, 0.15) is 16.8 Å². The Hall–Kier alpha value is -2.49. The first-order valence-electron chi connectivity index (χ1n) is 8.69. The molecule has 1 unspecified atom stereocenters. The van der Waals surface area contributed by atoms with Gasteiger partial charge in [0, 0.05) is 37.8 Å². The zero-order valence-electron chi connectivity index (χ0n) is 14.7. The molecular weight excluding hydrogens is 332 g/mol. The van der Waals surface area contributed by atoms with E-state index in [4.69, 9.17) is 9.47 Å². The molecular formula is C20H20N2O4. The molecule has 2 bridgehead atoms. The number of rotatable bonds is 3. The minimum Gasteiger partial charge on any atom is -0.347 e. The minimum atomic E-state index is -1.48. The highest BCUT2D eigenvalue weighted by Gasteiger charge is 2.69. The lowest BCUT2D eigenvalue weighted by atomic mass is 9.54. The molecule has 0 saturated heterocycles. The Balaban J connectivity index is 1.78. The first-order chi connectivity index (χ1) is 12.6. The van der Waals surface area contributed by atoms with E-state index in [0.29, 0.717) is 12.0 Å². The third-order valence-electron chi connectivity index (χ3n) is 6.10. The second-order valence-corrected chi connectivity index (χ2v) is 7.03. The molecule has 1 heterocycles. The van der Waals surface area contributed by atoms with Crippen molar-refractivity contribution >= 4 is 11.7 Å². The van der Waals surface area contributed by atoms with Gasteiger partial charge in [-0.25, -0.2) is 0 Å². The van der Waals surface area contributed by atoms with Gasteiger partial charge in [-0.15, -0.1) is 0 Å². The van der Waals surface area contributed by atoms with E-state index in [1.165, 1.54) is 14.2 Å². The van der Waals surface area contributed by atoms with Crippen LogP contribution in [0, 0.1) is 35.0 Å². The molecule has 1 aromatic carbocycles. The van der Waals surface area contributed by atoms with E-state index in [9.17, 15) is 14.9 Å². The summed E-state index contributed by atoms with van der Waals surface area (Å²) in [5.74, 6) is -3.20. The highest BCUT2D eigenvalue weighted by atomic mass is 16.7. The van der Waals surface area contributed by atoms with Gasteiger partial charge in [0.1, 0.15) is 0 Å². The zero-order chi connectivity index (χ0) is 18.5. The van der Waals surface area contributed by atoms with E-state index in [1.54, 1.807) is 23.2 Å². The van der Waals surface area contributed by atoms with Crippen LogP contribution < -0.4 is 0 Å². The fourth-order valence-electron chi connectivity index (χ4n) is 5.01. The van der Waals surface area contributed by atoms with E-state index >= 15 is 0 Å². The molecule has 3 aliphatic carbocycles.